The molecule has 0 amide bonds. The van der Waals surface area contributed by atoms with Gasteiger partial charge >= 0.3 is 6.55 Å². The van der Waals surface area contributed by atoms with Crippen molar-refractivity contribution in [3.63, 3.8) is 0 Å². The summed E-state index contributed by atoms with van der Waals surface area (Å²) in [5, 5.41) is 6.18. The van der Waals surface area contributed by atoms with Crippen LogP contribution < -0.4 is 20.1 Å². The highest BCUT2D eigenvalue weighted by atomic mass is 127. The lowest BCUT2D eigenvalue weighted by molar-refractivity contribution is 0.0668. The molecule has 0 bridgehead atoms. The molecule has 0 aliphatic carbocycles. The smallest absolute Gasteiger partial charge is 0.319 e. The molecule has 7 nitrogen and oxygen atoms in total. The first kappa shape index (κ1) is 23.2. The van der Waals surface area contributed by atoms with Gasteiger partial charge in [-0.05, 0) is 26.0 Å². The van der Waals surface area contributed by atoms with Gasteiger partial charge in [-0.15, -0.1) is 24.0 Å². The van der Waals surface area contributed by atoms with Crippen molar-refractivity contribution in [2.75, 3.05) is 13.7 Å². The molecule has 1 unspecified atom stereocenters. The second-order valence-electron chi connectivity index (χ2n) is 6.44. The molecule has 160 valence electrons. The number of aromatic nitrogens is 2. The lowest BCUT2D eigenvalue weighted by atomic mass is 10.1. The van der Waals surface area contributed by atoms with Crippen LogP contribution in [0.4, 0.5) is 8.78 Å². The number of nitrogens with zero attached hydrogens (tertiary/aromatic N) is 3. The van der Waals surface area contributed by atoms with Crippen LogP contribution in [0, 0.1) is 0 Å². The highest BCUT2D eigenvalue weighted by molar-refractivity contribution is 14.0. The number of imidazole rings is 1. The molecule has 1 aromatic carbocycles. The predicted octanol–water partition coefficient (Wildman–Crippen LogP) is 3.48. The van der Waals surface area contributed by atoms with E-state index in [-0.39, 0.29) is 42.4 Å². The zero-order valence-corrected chi connectivity index (χ0v) is 18.9. The number of fused-ring (bicyclic) bond motifs is 1. The third-order valence-electron chi connectivity index (χ3n) is 4.42. The summed E-state index contributed by atoms with van der Waals surface area (Å²) in [6, 6.07) is 4.00. The summed E-state index contributed by atoms with van der Waals surface area (Å²) < 4.78 is 38.2. The maximum atomic E-state index is 12.9. The topological polar surface area (TPSA) is 72.7 Å². The van der Waals surface area contributed by atoms with E-state index in [1.165, 1.54) is 12.4 Å². The number of rotatable bonds is 7. The Kier molecular flexibility index (Phi) is 8.47. The maximum absolute atomic E-state index is 12.9. The molecule has 0 fully saturated rings. The van der Waals surface area contributed by atoms with Crippen LogP contribution in [-0.2, 0) is 19.5 Å². The number of aliphatic imine (C=N–C) groups is 1. The number of hydrogen-bond donors (Lipinski definition) is 2. The molecule has 1 aromatic heterocycles. The minimum Gasteiger partial charge on any atom is -0.494 e. The number of ether oxygens (including phenoxy) is 2. The minimum atomic E-state index is -2.63. The molecule has 1 aliphatic rings. The van der Waals surface area contributed by atoms with Crippen LogP contribution >= 0.6 is 24.0 Å². The highest BCUT2D eigenvalue weighted by Gasteiger charge is 2.22. The van der Waals surface area contributed by atoms with Gasteiger partial charge in [0.15, 0.2) is 5.96 Å². The van der Waals surface area contributed by atoms with Crippen molar-refractivity contribution in [3.8, 4) is 11.5 Å². The molecule has 1 atom stereocenters. The summed E-state index contributed by atoms with van der Waals surface area (Å²) >= 11 is 0. The zero-order chi connectivity index (χ0) is 20.1. The average molecular weight is 521 g/mol. The Labute approximate surface area is 185 Å². The fraction of sp³-hybridized carbons (Fsp3) is 0.474. The summed E-state index contributed by atoms with van der Waals surface area (Å²) in [5.41, 5.74) is 2.08. The lowest BCUT2D eigenvalue weighted by Gasteiger charge is -2.16. The highest BCUT2D eigenvalue weighted by Crippen LogP contribution is 2.35. The third kappa shape index (κ3) is 5.71. The van der Waals surface area contributed by atoms with E-state index in [0.717, 1.165) is 33.6 Å². The third-order valence-corrected chi connectivity index (χ3v) is 4.42. The van der Waals surface area contributed by atoms with Crippen molar-refractivity contribution in [1.29, 1.82) is 0 Å². The van der Waals surface area contributed by atoms with Gasteiger partial charge in [0.05, 0.1) is 13.2 Å². The summed E-state index contributed by atoms with van der Waals surface area (Å²) in [7, 11) is 1.62. The number of guanidine groups is 1. The molecule has 2 heterocycles. The van der Waals surface area contributed by atoms with Crippen molar-refractivity contribution in [3.05, 3.63) is 41.5 Å². The minimum absolute atomic E-state index is 0. The molecule has 29 heavy (non-hydrogen) atoms. The van der Waals surface area contributed by atoms with Crippen molar-refractivity contribution < 1.29 is 18.3 Å². The van der Waals surface area contributed by atoms with Crippen LogP contribution in [0.3, 0.4) is 0 Å². The number of nitrogens with one attached hydrogen (secondary N) is 2. The molecule has 2 aromatic rings. The van der Waals surface area contributed by atoms with Crippen LogP contribution in [0.2, 0.25) is 0 Å². The van der Waals surface area contributed by atoms with E-state index < -0.39 is 6.55 Å². The Morgan fingerprint density at radius 2 is 2.14 bits per heavy atom. The molecule has 0 saturated heterocycles. The van der Waals surface area contributed by atoms with Crippen LogP contribution in [-0.4, -0.2) is 35.3 Å². The lowest BCUT2D eigenvalue weighted by Crippen LogP contribution is -2.37. The summed E-state index contributed by atoms with van der Waals surface area (Å²) in [5.74, 6) is 2.37. The Morgan fingerprint density at radius 1 is 1.38 bits per heavy atom. The average Bonchev–Trinajstić information content (AvgIpc) is 3.27. The molecule has 2 N–H and O–H groups in total. The van der Waals surface area contributed by atoms with E-state index in [2.05, 4.69) is 20.6 Å². The molecule has 10 heteroatoms. The predicted molar refractivity (Wildman–Crippen MR) is 117 cm³/mol. The van der Waals surface area contributed by atoms with Gasteiger partial charge in [-0.25, -0.2) is 4.98 Å². The molecule has 3 rings (SSSR count). The first-order chi connectivity index (χ1) is 13.5. The second-order valence-corrected chi connectivity index (χ2v) is 6.44. The first-order valence-corrected chi connectivity index (χ1v) is 9.21. The second kappa shape index (κ2) is 10.6. The van der Waals surface area contributed by atoms with Crippen LogP contribution in [0.15, 0.2) is 29.5 Å². The summed E-state index contributed by atoms with van der Waals surface area (Å²) in [6.45, 7) is 2.48. The van der Waals surface area contributed by atoms with E-state index >= 15 is 0 Å². The fourth-order valence-electron chi connectivity index (χ4n) is 3.13. The van der Waals surface area contributed by atoms with Gasteiger partial charge in [0.25, 0.3) is 0 Å². The largest absolute Gasteiger partial charge is 0.494 e. The van der Waals surface area contributed by atoms with E-state index in [0.29, 0.717) is 19.1 Å². The maximum Gasteiger partial charge on any atom is 0.319 e. The summed E-state index contributed by atoms with van der Waals surface area (Å²) in [4.78, 5) is 8.08. The molecular weight excluding hydrogens is 495 g/mol. The van der Waals surface area contributed by atoms with Gasteiger partial charge < -0.3 is 20.1 Å². The molecular formula is C19H26F2IN5O2. The van der Waals surface area contributed by atoms with E-state index in [9.17, 15) is 8.78 Å². The van der Waals surface area contributed by atoms with E-state index in [1.807, 2.05) is 26.0 Å². The van der Waals surface area contributed by atoms with Crippen LogP contribution in [0.5, 0.6) is 11.5 Å². The van der Waals surface area contributed by atoms with Crippen molar-refractivity contribution >= 4 is 29.9 Å². The standard InChI is InChI=1S/C19H25F2N5O2.HI/c1-4-27-15-8-13-7-12(2)28-16(13)9-14(15)10-24-19(22-3)25-11-17-23-5-6-26(17)18(20)21;/h5-6,8-9,12,18H,4,7,10-11H2,1-3H3,(H2,22,24,25);1H. The van der Waals surface area contributed by atoms with E-state index in [4.69, 9.17) is 9.47 Å². The van der Waals surface area contributed by atoms with Gasteiger partial charge in [-0.1, -0.05) is 0 Å². The number of alkyl halides is 2. The fourth-order valence-corrected chi connectivity index (χ4v) is 3.13. The number of hydrogen-bond acceptors (Lipinski definition) is 4. The molecule has 0 saturated carbocycles. The van der Waals surface area contributed by atoms with Gasteiger partial charge in [-0.2, -0.15) is 8.78 Å². The van der Waals surface area contributed by atoms with Gasteiger partial charge in [0.1, 0.15) is 23.4 Å². The molecule has 0 spiro atoms. The Bertz CT molecular complexity index is 844. The normalized spacial score (nSPS) is 15.5. The Balaban J connectivity index is 0.00000300. The van der Waals surface area contributed by atoms with Crippen molar-refractivity contribution in [2.24, 2.45) is 4.99 Å². The monoisotopic (exact) mass is 521 g/mol. The molecule has 1 aliphatic heterocycles. The first-order valence-electron chi connectivity index (χ1n) is 9.21. The van der Waals surface area contributed by atoms with Crippen molar-refractivity contribution in [2.45, 2.75) is 46.0 Å². The van der Waals surface area contributed by atoms with Gasteiger partial charge in [0, 0.05) is 43.5 Å². The Hall–Kier alpha value is -2.11. The van der Waals surface area contributed by atoms with Gasteiger partial charge in [-0.3, -0.25) is 9.56 Å². The van der Waals surface area contributed by atoms with Gasteiger partial charge in [0.2, 0.25) is 0 Å². The van der Waals surface area contributed by atoms with Crippen LogP contribution in [0.25, 0.3) is 0 Å². The number of benzene rings is 1. The van der Waals surface area contributed by atoms with Crippen molar-refractivity contribution in [1.82, 2.24) is 20.2 Å². The van der Waals surface area contributed by atoms with E-state index in [1.54, 1.807) is 7.05 Å². The number of halogens is 3. The quantitative estimate of drug-likeness (QED) is 0.332. The Morgan fingerprint density at radius 3 is 2.83 bits per heavy atom. The van der Waals surface area contributed by atoms with Crippen LogP contribution in [0.1, 0.15) is 37.3 Å². The summed E-state index contributed by atoms with van der Waals surface area (Å²) in [6.07, 6.45) is 3.61. The zero-order valence-electron chi connectivity index (χ0n) is 16.6. The SMILES string of the molecule is CCOc1cc2c(cc1CNC(=NC)NCc1nccn1C(F)F)OC(C)C2.I. The molecule has 0 radical (unpaired) electrons.